The van der Waals surface area contributed by atoms with Crippen LogP contribution in [-0.2, 0) is 11.2 Å². The Morgan fingerprint density at radius 1 is 0.758 bits per heavy atom. The molecule has 1 aliphatic rings. The molecule has 0 spiro atoms. The fourth-order valence-corrected chi connectivity index (χ4v) is 4.20. The van der Waals surface area contributed by atoms with Crippen molar-refractivity contribution in [2.75, 3.05) is 6.54 Å². The highest BCUT2D eigenvalue weighted by molar-refractivity contribution is 6.21. The van der Waals surface area contributed by atoms with Gasteiger partial charge in [0, 0.05) is 6.54 Å². The van der Waals surface area contributed by atoms with E-state index in [1.165, 1.54) is 0 Å². The van der Waals surface area contributed by atoms with E-state index >= 15 is 0 Å². The minimum Gasteiger partial charge on any atom is -0.481 e. The second-order valence-electron chi connectivity index (χ2n) is 8.21. The molecule has 2 N–H and O–H groups in total. The predicted octanol–water partition coefficient (Wildman–Crippen LogP) is 4.03. The highest BCUT2D eigenvalue weighted by Gasteiger charge is 2.36. The van der Waals surface area contributed by atoms with E-state index in [1.54, 1.807) is 24.3 Å². The summed E-state index contributed by atoms with van der Waals surface area (Å²) in [6.45, 7) is -0.0495. The third-order valence-corrected chi connectivity index (χ3v) is 6.11. The van der Waals surface area contributed by atoms with E-state index in [0.29, 0.717) is 17.5 Å². The summed E-state index contributed by atoms with van der Waals surface area (Å²) in [6.07, 6.45) is -0.308. The fraction of sp³-hybridized carbons (Fsp3) is 0.222. The summed E-state index contributed by atoms with van der Waals surface area (Å²) in [6, 6.07) is 24.5. The first-order valence-electron chi connectivity index (χ1n) is 11.0. The van der Waals surface area contributed by atoms with Gasteiger partial charge in [0.15, 0.2) is 0 Å². The molecule has 2 unspecified atom stereocenters. The Labute approximate surface area is 192 Å². The zero-order chi connectivity index (χ0) is 23.4. The van der Waals surface area contributed by atoms with Crippen molar-refractivity contribution in [3.05, 3.63) is 95.6 Å². The topological polar surface area (TPSA) is 94.9 Å². The van der Waals surface area contributed by atoms with E-state index in [2.05, 4.69) is 0 Å². The van der Waals surface area contributed by atoms with Crippen LogP contribution in [0.4, 0.5) is 0 Å². The molecule has 0 aromatic heterocycles. The zero-order valence-corrected chi connectivity index (χ0v) is 18.1. The molecule has 6 nitrogen and oxygen atoms in total. The van der Waals surface area contributed by atoms with Crippen LogP contribution in [0.25, 0.3) is 11.1 Å². The fourth-order valence-electron chi connectivity index (χ4n) is 4.20. The molecule has 3 aromatic rings. The van der Waals surface area contributed by atoms with Crippen molar-refractivity contribution in [2.45, 2.75) is 25.4 Å². The lowest BCUT2D eigenvalue weighted by Crippen LogP contribution is -2.36. The van der Waals surface area contributed by atoms with Gasteiger partial charge in [-0.1, -0.05) is 66.7 Å². The van der Waals surface area contributed by atoms with E-state index < -0.39 is 29.8 Å². The molecule has 0 aliphatic carbocycles. The molecule has 33 heavy (non-hydrogen) atoms. The van der Waals surface area contributed by atoms with Crippen LogP contribution in [0.2, 0.25) is 0 Å². The van der Waals surface area contributed by atoms with Gasteiger partial charge in [-0.3, -0.25) is 19.3 Å². The Morgan fingerprint density at radius 3 is 1.88 bits per heavy atom. The number of amides is 2. The molecule has 2 amide bonds. The number of carbonyl (C=O) groups excluding carboxylic acids is 2. The lowest BCUT2D eigenvalue weighted by molar-refractivity contribution is -0.146. The van der Waals surface area contributed by atoms with Crippen molar-refractivity contribution in [1.82, 2.24) is 4.90 Å². The lowest BCUT2D eigenvalue weighted by atomic mass is 9.93. The molecule has 3 aromatic carbocycles. The van der Waals surface area contributed by atoms with Crippen molar-refractivity contribution in [3.63, 3.8) is 0 Å². The maximum absolute atomic E-state index is 12.5. The average Bonchev–Trinajstić information content (AvgIpc) is 3.08. The van der Waals surface area contributed by atoms with Crippen LogP contribution < -0.4 is 0 Å². The van der Waals surface area contributed by atoms with E-state index in [1.807, 2.05) is 54.6 Å². The molecular weight excluding hydrogens is 418 g/mol. The number of aliphatic hydroxyl groups excluding tert-OH is 1. The summed E-state index contributed by atoms with van der Waals surface area (Å²) in [7, 11) is 0. The van der Waals surface area contributed by atoms with Crippen LogP contribution in [-0.4, -0.2) is 45.5 Å². The van der Waals surface area contributed by atoms with Gasteiger partial charge in [0.2, 0.25) is 0 Å². The molecule has 0 saturated carbocycles. The van der Waals surface area contributed by atoms with Gasteiger partial charge >= 0.3 is 5.97 Å². The normalized spacial score (nSPS) is 14.8. The van der Waals surface area contributed by atoms with Gasteiger partial charge in [-0.05, 0) is 48.1 Å². The third-order valence-electron chi connectivity index (χ3n) is 6.11. The van der Waals surface area contributed by atoms with Gasteiger partial charge in [-0.2, -0.15) is 0 Å². The van der Waals surface area contributed by atoms with E-state index in [-0.39, 0.29) is 19.4 Å². The van der Waals surface area contributed by atoms with Crippen molar-refractivity contribution in [1.29, 1.82) is 0 Å². The number of carbonyl (C=O) groups is 3. The maximum Gasteiger partial charge on any atom is 0.309 e. The van der Waals surface area contributed by atoms with Crippen LogP contribution in [0.5, 0.6) is 0 Å². The molecule has 0 bridgehead atoms. The zero-order valence-electron chi connectivity index (χ0n) is 18.1. The van der Waals surface area contributed by atoms with Gasteiger partial charge in [0.1, 0.15) is 0 Å². The highest BCUT2D eigenvalue weighted by atomic mass is 16.4. The predicted molar refractivity (Wildman–Crippen MR) is 124 cm³/mol. The summed E-state index contributed by atoms with van der Waals surface area (Å²) < 4.78 is 0. The Balaban J connectivity index is 1.34. The van der Waals surface area contributed by atoms with Crippen molar-refractivity contribution < 1.29 is 24.6 Å². The Kier molecular flexibility index (Phi) is 6.66. The maximum atomic E-state index is 12.5. The third kappa shape index (κ3) is 4.86. The van der Waals surface area contributed by atoms with Gasteiger partial charge in [0.25, 0.3) is 11.8 Å². The van der Waals surface area contributed by atoms with Gasteiger partial charge in [-0.25, -0.2) is 0 Å². The van der Waals surface area contributed by atoms with Crippen LogP contribution in [0, 0.1) is 5.92 Å². The number of benzene rings is 3. The number of aryl methyl sites for hydroxylation is 1. The molecule has 168 valence electrons. The molecule has 1 aliphatic heterocycles. The Bertz CT molecular complexity index is 1120. The number of hydrogen-bond acceptors (Lipinski definition) is 4. The standard InChI is InChI=1S/C27H25NO5/c29-24(15-12-18-10-13-20(14-11-18)19-6-2-1-3-7-19)23(27(32)33)16-17-28-25(30)21-8-4-5-9-22(21)26(28)31/h1-11,13-14,23-24,29H,12,15-17H2,(H,32,33). The number of carboxylic acids is 1. The second kappa shape index (κ2) is 9.79. The summed E-state index contributed by atoms with van der Waals surface area (Å²) in [5, 5.41) is 20.2. The lowest BCUT2D eigenvalue weighted by Gasteiger charge is -2.22. The van der Waals surface area contributed by atoms with Crippen molar-refractivity contribution in [2.24, 2.45) is 5.92 Å². The van der Waals surface area contributed by atoms with Crippen molar-refractivity contribution in [3.8, 4) is 11.1 Å². The van der Waals surface area contributed by atoms with Crippen LogP contribution in [0.3, 0.4) is 0 Å². The van der Waals surface area contributed by atoms with Gasteiger partial charge in [-0.15, -0.1) is 0 Å². The summed E-state index contributed by atoms with van der Waals surface area (Å²) in [5.41, 5.74) is 3.86. The number of rotatable bonds is 9. The average molecular weight is 443 g/mol. The number of carboxylic acid groups (broad SMARTS) is 1. The molecule has 0 saturated heterocycles. The molecular formula is C27H25NO5. The summed E-state index contributed by atoms with van der Waals surface area (Å²) in [4.78, 5) is 37.8. The smallest absolute Gasteiger partial charge is 0.309 e. The second-order valence-corrected chi connectivity index (χ2v) is 8.21. The van der Waals surface area contributed by atoms with Gasteiger partial charge in [0.05, 0.1) is 23.1 Å². The van der Waals surface area contributed by atoms with E-state index in [0.717, 1.165) is 21.6 Å². The number of nitrogens with zero attached hydrogens (tertiary/aromatic N) is 1. The van der Waals surface area contributed by atoms with Crippen LogP contribution in [0.1, 0.15) is 39.1 Å². The summed E-state index contributed by atoms with van der Waals surface area (Å²) >= 11 is 0. The van der Waals surface area contributed by atoms with E-state index in [4.69, 9.17) is 0 Å². The van der Waals surface area contributed by atoms with Crippen molar-refractivity contribution >= 4 is 17.8 Å². The minimum absolute atomic E-state index is 0.00505. The number of fused-ring (bicyclic) bond motifs is 1. The first-order chi connectivity index (χ1) is 16.0. The SMILES string of the molecule is O=C(O)C(CCN1C(=O)c2ccccc2C1=O)C(O)CCc1ccc(-c2ccccc2)cc1. The Morgan fingerprint density at radius 2 is 1.30 bits per heavy atom. The van der Waals surface area contributed by atoms with Gasteiger partial charge < -0.3 is 10.2 Å². The number of hydrogen-bond donors (Lipinski definition) is 2. The molecule has 1 heterocycles. The quantitative estimate of drug-likeness (QED) is 0.487. The molecule has 0 fully saturated rings. The molecule has 4 rings (SSSR count). The number of imide groups is 1. The Hall–Kier alpha value is -3.77. The molecule has 0 radical (unpaired) electrons. The largest absolute Gasteiger partial charge is 0.481 e. The summed E-state index contributed by atoms with van der Waals surface area (Å²) in [5.74, 6) is -3.06. The van der Waals surface area contributed by atoms with Crippen LogP contribution >= 0.6 is 0 Å². The highest BCUT2D eigenvalue weighted by Crippen LogP contribution is 2.25. The first kappa shape index (κ1) is 22.4. The number of aliphatic carboxylic acids is 1. The van der Waals surface area contributed by atoms with Crippen LogP contribution in [0.15, 0.2) is 78.9 Å². The monoisotopic (exact) mass is 443 g/mol. The first-order valence-corrected chi connectivity index (χ1v) is 11.0. The number of aliphatic hydroxyl groups is 1. The van der Waals surface area contributed by atoms with E-state index in [9.17, 15) is 24.6 Å². The molecule has 2 atom stereocenters. The minimum atomic E-state index is -1.14. The molecule has 6 heteroatoms.